The van der Waals surface area contributed by atoms with E-state index in [1.807, 2.05) is 166 Å². The molecule has 0 bridgehead atoms. The zero-order valence-corrected chi connectivity index (χ0v) is 59.9. The molecule has 89 heavy (non-hydrogen) atoms. The van der Waals surface area contributed by atoms with Gasteiger partial charge in [0.2, 0.25) is 0 Å². The zero-order chi connectivity index (χ0) is 66.9. The van der Waals surface area contributed by atoms with Crippen molar-refractivity contribution in [3.63, 3.8) is 0 Å². The second-order valence-electron chi connectivity index (χ2n) is 17.6. The van der Waals surface area contributed by atoms with Crippen LogP contribution >= 0.6 is 0 Å². The number of benzene rings is 10. The summed E-state index contributed by atoms with van der Waals surface area (Å²) in [6.07, 6.45) is 1.80. The van der Waals surface area contributed by atoms with E-state index in [0.717, 1.165) is 35.6 Å². The van der Waals surface area contributed by atoms with Gasteiger partial charge >= 0.3 is 0 Å². The van der Waals surface area contributed by atoms with Gasteiger partial charge < -0.3 is 9.80 Å². The van der Waals surface area contributed by atoms with Crippen LogP contribution in [0.15, 0.2) is 243 Å². The molecule has 0 saturated carbocycles. The normalized spacial score (nSPS) is 10.5. The third-order valence-corrected chi connectivity index (χ3v) is 14.2. The monoisotopic (exact) mass is 1190 g/mol. The molecule has 2 nitrogen and oxygen atoms in total. The Morgan fingerprint density at radius 3 is 0.809 bits per heavy atom. The number of fused-ring (bicyclic) bond motifs is 9. The van der Waals surface area contributed by atoms with Crippen molar-refractivity contribution < 1.29 is 0 Å². The summed E-state index contributed by atoms with van der Waals surface area (Å²) in [6, 6.07) is 90.1. The Balaban J connectivity index is 0.00000149. The van der Waals surface area contributed by atoms with Gasteiger partial charge in [-0.05, 0) is 139 Å². The molecule has 0 aliphatic heterocycles. The lowest BCUT2D eigenvalue weighted by molar-refractivity contribution is 0.768. The summed E-state index contributed by atoms with van der Waals surface area (Å²) in [5, 5.41) is 0. The second-order valence-corrected chi connectivity index (χ2v) is 17.6. The van der Waals surface area contributed by atoms with Crippen molar-refractivity contribution in [2.45, 2.75) is 184 Å². The van der Waals surface area contributed by atoms with Crippen molar-refractivity contribution in [2.24, 2.45) is 0 Å². The van der Waals surface area contributed by atoms with Gasteiger partial charge in [0.15, 0.2) is 0 Å². The summed E-state index contributed by atoms with van der Waals surface area (Å²) >= 11 is 0. The first-order valence-electron chi connectivity index (χ1n) is 34.8. The number of hydrogen-bond acceptors (Lipinski definition) is 2. The van der Waals surface area contributed by atoms with Gasteiger partial charge in [-0.25, -0.2) is 0 Å². The van der Waals surface area contributed by atoms with Crippen molar-refractivity contribution in [3.8, 4) is 33.4 Å². The highest BCUT2D eigenvalue weighted by Gasteiger charge is 2.47. The number of anilines is 6. The summed E-state index contributed by atoms with van der Waals surface area (Å²) in [6.45, 7) is 48.0. The van der Waals surface area contributed by atoms with Crippen LogP contribution in [-0.2, 0) is 18.3 Å². The molecular weight excluding hydrogens is 1070 g/mol. The molecular formula is C87H116N2. The molecule has 3 aliphatic carbocycles. The van der Waals surface area contributed by atoms with E-state index in [1.54, 1.807) is 0 Å². The van der Waals surface area contributed by atoms with Crippen molar-refractivity contribution in [1.82, 2.24) is 0 Å². The van der Waals surface area contributed by atoms with E-state index in [9.17, 15) is 0 Å². The van der Waals surface area contributed by atoms with Gasteiger partial charge in [0.1, 0.15) is 0 Å². The Labute approximate surface area is 545 Å². The lowest BCUT2D eigenvalue weighted by atomic mass is 9.67. The average molecular weight is 1190 g/mol. The minimum Gasteiger partial charge on any atom is -0.310 e. The van der Waals surface area contributed by atoms with E-state index in [2.05, 4.69) is 252 Å². The quantitative estimate of drug-likeness (QED) is 0.150. The van der Waals surface area contributed by atoms with Gasteiger partial charge in [0, 0.05) is 35.6 Å². The molecule has 474 valence electrons. The lowest BCUT2D eigenvalue weighted by Gasteiger charge is -2.36. The molecule has 0 aromatic heterocycles. The third-order valence-electron chi connectivity index (χ3n) is 14.2. The van der Waals surface area contributed by atoms with Crippen LogP contribution < -0.4 is 9.80 Å². The fraction of sp³-hybridized carbons (Fsp3) is 0.310. The van der Waals surface area contributed by atoms with Crippen LogP contribution in [0.1, 0.15) is 211 Å². The average Bonchev–Trinajstić information content (AvgIpc) is 1.75. The number of hydrogen-bond donors (Lipinski definition) is 0. The van der Waals surface area contributed by atoms with Gasteiger partial charge in [0.25, 0.3) is 0 Å². The predicted octanol–water partition coefficient (Wildman–Crippen LogP) is 28.4. The topological polar surface area (TPSA) is 6.48 Å². The summed E-state index contributed by atoms with van der Waals surface area (Å²) in [5.41, 5.74) is 24.7. The van der Waals surface area contributed by atoms with Crippen LogP contribution in [0.5, 0.6) is 0 Å². The molecule has 0 saturated heterocycles. The molecule has 0 fully saturated rings. The van der Waals surface area contributed by atoms with E-state index in [0.29, 0.717) is 0 Å². The van der Waals surface area contributed by atoms with Gasteiger partial charge in [-0.3, -0.25) is 0 Å². The Kier molecular flexibility index (Phi) is 39.2. The van der Waals surface area contributed by atoms with Crippen molar-refractivity contribution >= 4 is 34.1 Å². The molecule has 0 unspecified atom stereocenters. The summed E-state index contributed by atoms with van der Waals surface area (Å²) in [4.78, 5) is 4.98. The Morgan fingerprint density at radius 1 is 0.225 bits per heavy atom. The van der Waals surface area contributed by atoms with E-state index in [-0.39, 0.29) is 0 Å². The van der Waals surface area contributed by atoms with Crippen molar-refractivity contribution in [3.05, 3.63) is 287 Å². The second kappa shape index (κ2) is 44.3. The van der Waals surface area contributed by atoms with Crippen molar-refractivity contribution in [1.29, 1.82) is 0 Å². The molecule has 0 spiro atoms. The minimum atomic E-state index is -0.631. The molecule has 10 aromatic carbocycles. The number of nitrogens with zero attached hydrogens (tertiary/aromatic N) is 2. The first-order valence-corrected chi connectivity index (χ1v) is 34.8. The SMILES string of the molecule is CC.CC.CC.CC.CC.CC.CC.CC.CC.CC.CC.CC.c1ccc(N(c2ccc3c(c2)C(c2ccccc2)(c2ccccc2)c2cc(N(c4ccccc4)c4cccc5c4Cc4ccccc4-5)ccc2-3)c2cccc3c2Cc2ccccc2-3)cc1. The highest BCUT2D eigenvalue weighted by atomic mass is 15.2. The molecule has 13 rings (SSSR count). The molecule has 0 amide bonds. The van der Waals surface area contributed by atoms with Gasteiger partial charge in [-0.1, -0.05) is 348 Å². The van der Waals surface area contributed by atoms with E-state index in [1.165, 1.54) is 89.3 Å². The summed E-state index contributed by atoms with van der Waals surface area (Å²) in [5.74, 6) is 0. The number of para-hydroxylation sites is 2. The van der Waals surface area contributed by atoms with Gasteiger partial charge in [-0.2, -0.15) is 0 Å². The minimum absolute atomic E-state index is 0.631. The van der Waals surface area contributed by atoms with Crippen LogP contribution in [0, 0.1) is 0 Å². The number of rotatable bonds is 8. The first kappa shape index (κ1) is 78.8. The fourth-order valence-corrected chi connectivity index (χ4v) is 11.5. The van der Waals surface area contributed by atoms with Crippen LogP contribution in [0.3, 0.4) is 0 Å². The maximum absolute atomic E-state index is 2.50. The van der Waals surface area contributed by atoms with Gasteiger partial charge in [0.05, 0.1) is 16.8 Å². The Morgan fingerprint density at radius 2 is 0.494 bits per heavy atom. The highest BCUT2D eigenvalue weighted by molar-refractivity contribution is 5.94. The van der Waals surface area contributed by atoms with E-state index in [4.69, 9.17) is 0 Å². The Bertz CT molecular complexity index is 3200. The third kappa shape index (κ3) is 17.2. The van der Waals surface area contributed by atoms with Crippen LogP contribution in [-0.4, -0.2) is 0 Å². The maximum Gasteiger partial charge on any atom is 0.0715 e. The fourth-order valence-electron chi connectivity index (χ4n) is 11.5. The van der Waals surface area contributed by atoms with E-state index < -0.39 is 5.41 Å². The highest BCUT2D eigenvalue weighted by Crippen LogP contribution is 2.59. The molecule has 0 N–H and O–H groups in total. The smallest absolute Gasteiger partial charge is 0.0715 e. The van der Waals surface area contributed by atoms with Gasteiger partial charge in [-0.15, -0.1) is 0 Å². The summed E-state index contributed by atoms with van der Waals surface area (Å²) in [7, 11) is 0. The molecule has 2 heteroatoms. The van der Waals surface area contributed by atoms with E-state index >= 15 is 0 Å². The molecule has 10 aromatic rings. The summed E-state index contributed by atoms with van der Waals surface area (Å²) < 4.78 is 0. The first-order chi connectivity index (χ1) is 44.3. The maximum atomic E-state index is 2.50. The van der Waals surface area contributed by atoms with Crippen LogP contribution in [0.4, 0.5) is 34.1 Å². The molecule has 0 heterocycles. The lowest BCUT2D eigenvalue weighted by Crippen LogP contribution is -2.29. The zero-order valence-electron chi connectivity index (χ0n) is 59.9. The standard InChI is InChI=1S/C63H44N2.12C2H6/c1-5-21-45(22-6-1)63(46-23-7-2-8-24-46)59-41-49(64(47-25-9-3-10-26-47)61-33-17-31-53-51-29-15-13-19-43(51)39-57(53)61)35-37-55(59)56-38-36-50(42-60(56)63)65(48-27-11-4-12-28-48)62-34-18-32-54-52-30-16-14-20-44(52)40-58(54)62;12*1-2/h1-38,41-42H,39-40H2;12*1-2H3. The Hall–Kier alpha value is -8.20. The predicted molar refractivity (Wildman–Crippen MR) is 406 cm³/mol. The molecule has 0 radical (unpaired) electrons. The largest absolute Gasteiger partial charge is 0.310 e. The van der Waals surface area contributed by atoms with Crippen molar-refractivity contribution in [2.75, 3.05) is 9.80 Å². The van der Waals surface area contributed by atoms with Crippen LogP contribution in [0.2, 0.25) is 0 Å². The van der Waals surface area contributed by atoms with Crippen LogP contribution in [0.25, 0.3) is 33.4 Å². The molecule has 0 atom stereocenters. The molecule has 3 aliphatic rings.